The summed E-state index contributed by atoms with van der Waals surface area (Å²) in [6, 6.07) is 6.32. The van der Waals surface area contributed by atoms with E-state index < -0.39 is 164 Å². The molecule has 3 heterocycles. The zero-order valence-corrected chi connectivity index (χ0v) is 46.0. The Kier molecular flexibility index (Phi) is 27.6. The molecular weight excluding hydrogens is 1140 g/mol. The molecule has 15 unspecified atom stereocenters. The van der Waals surface area contributed by atoms with Gasteiger partial charge in [0.25, 0.3) is 3.92 Å². The smallest absolute Gasteiger partial charge is 0.303 e. The van der Waals surface area contributed by atoms with Gasteiger partial charge in [0.1, 0.15) is 55.6 Å². The first-order valence-corrected chi connectivity index (χ1v) is 25.1. The Labute approximate surface area is 465 Å². The average Bonchev–Trinajstić information content (AvgIpc) is 3.31. The van der Waals surface area contributed by atoms with Gasteiger partial charge in [0.2, 0.25) is 12.6 Å². The Hall–Kier alpha value is -4.61. The van der Waals surface area contributed by atoms with Gasteiger partial charge in [-0.2, -0.15) is 5.48 Å². The van der Waals surface area contributed by atoms with Crippen molar-refractivity contribution in [3.63, 3.8) is 0 Å². The number of alkyl halides is 3. The monoisotopic (exact) mass is 1200 g/mol. The molecular formula is C43H57BCl3N3O25S2. The van der Waals surface area contributed by atoms with Gasteiger partial charge in [-0.25, -0.2) is 11.6 Å². The summed E-state index contributed by atoms with van der Waals surface area (Å²) in [5, 5.41) is 38.5. The van der Waals surface area contributed by atoms with Crippen LogP contribution in [0.1, 0.15) is 55.4 Å². The van der Waals surface area contributed by atoms with Crippen molar-refractivity contribution < 1.29 is 120 Å². The molecule has 6 N–H and O–H groups in total. The van der Waals surface area contributed by atoms with E-state index in [1.807, 2.05) is 5.48 Å². The number of aliphatic hydroxyl groups excluding tert-OH is 3. The lowest BCUT2D eigenvalue weighted by Crippen LogP contribution is -2.66. The highest BCUT2D eigenvalue weighted by atomic mass is 35.6. The first kappa shape index (κ1) is 66.7. The number of benzene rings is 1. The van der Waals surface area contributed by atoms with E-state index >= 15 is 0 Å². The number of ether oxygens (including phenoxy) is 13. The molecule has 34 heteroatoms. The molecule has 1 aromatic carbocycles. The highest BCUT2D eigenvalue weighted by Crippen LogP contribution is 2.35. The second-order valence-corrected chi connectivity index (χ2v) is 19.6. The molecule has 3 fully saturated rings. The van der Waals surface area contributed by atoms with Crippen molar-refractivity contribution in [3.05, 3.63) is 24.3 Å². The summed E-state index contributed by atoms with van der Waals surface area (Å²) >= 11 is 22.9. The van der Waals surface area contributed by atoms with Crippen LogP contribution in [0.3, 0.4) is 0 Å². The van der Waals surface area contributed by atoms with Gasteiger partial charge in [-0.1, -0.05) is 34.8 Å². The zero-order valence-electron chi connectivity index (χ0n) is 42.1. The number of carbonyl (C=O) groups is 8. The fourth-order valence-electron chi connectivity index (χ4n) is 7.21. The molecule has 77 heavy (non-hydrogen) atoms. The molecule has 15 atom stereocenters. The summed E-state index contributed by atoms with van der Waals surface area (Å²) < 4.78 is 68.4. The number of esters is 8. The van der Waals surface area contributed by atoms with Gasteiger partial charge in [0.15, 0.2) is 55.2 Å². The first-order valence-electron chi connectivity index (χ1n) is 22.6. The third-order valence-electron chi connectivity index (χ3n) is 9.98. The van der Waals surface area contributed by atoms with Crippen LogP contribution >= 0.6 is 58.6 Å². The Morgan fingerprint density at radius 2 is 1.01 bits per heavy atom. The van der Waals surface area contributed by atoms with Gasteiger partial charge in [0, 0.05) is 61.1 Å². The van der Waals surface area contributed by atoms with Crippen molar-refractivity contribution in [2.24, 2.45) is 0 Å². The van der Waals surface area contributed by atoms with Crippen LogP contribution in [-0.2, 0) is 100 Å². The number of thiocarbonyl (C=S) groups is 1. The van der Waals surface area contributed by atoms with Crippen molar-refractivity contribution >= 4 is 124 Å². The third-order valence-corrected chi connectivity index (χ3v) is 10.8. The quantitative estimate of drug-likeness (QED) is 0.0146. The van der Waals surface area contributed by atoms with Gasteiger partial charge in [-0.05, 0) is 36.5 Å². The molecule has 1 aromatic rings. The Bertz CT molecular complexity index is 2190. The molecule has 3 aliphatic rings. The summed E-state index contributed by atoms with van der Waals surface area (Å²) in [6.07, 6.45) is -22.6. The normalized spacial score (nSPS) is 28.8. The van der Waals surface area contributed by atoms with Crippen molar-refractivity contribution in [1.82, 2.24) is 10.8 Å². The molecule has 430 valence electrons. The van der Waals surface area contributed by atoms with Crippen molar-refractivity contribution in [1.29, 1.82) is 0 Å². The van der Waals surface area contributed by atoms with E-state index in [-0.39, 0.29) is 5.75 Å². The van der Waals surface area contributed by atoms with Gasteiger partial charge in [0.05, 0.1) is 12.5 Å². The van der Waals surface area contributed by atoms with Crippen molar-refractivity contribution in [2.45, 2.75) is 151 Å². The molecule has 0 bridgehead atoms. The number of rotatable bonds is 20. The fraction of sp³-hybridized carbons (Fsp3) is 0.651. The molecule has 0 saturated carbocycles. The van der Waals surface area contributed by atoms with Crippen LogP contribution in [0, 0.1) is 0 Å². The van der Waals surface area contributed by atoms with E-state index in [0.29, 0.717) is 16.7 Å². The van der Waals surface area contributed by atoms with Crippen LogP contribution in [-0.4, -0.2) is 197 Å². The maximum atomic E-state index is 12.2. The molecule has 3 aliphatic heterocycles. The summed E-state index contributed by atoms with van der Waals surface area (Å²) in [5.74, 6) is -5.70. The highest BCUT2D eigenvalue weighted by Gasteiger charge is 2.57. The standard InChI is InChI=1S/C28H37BN2O15S2.C15H20Cl3NO10/c1-12(33)39-10-19-22(40-13(2)34)24(41-14(3)35)25(42-15(4)36)27(45-19)46-23-20(37)18(9-32)44-26(21(23)38)43-17-7-5-16(6-8-17)31-28(47)30-11-48-29;1-6(20)24-5-10-11(25-7(2)21)12(26-8(3)22)13(27-9(4)23)14(28-10)29-19-15(16,17)18/h5-8,18-27,32,37-38H,9-11H2,1-4H3,(H2,30,31,47);10-14,19H,5H2,1-4H3. The predicted molar refractivity (Wildman–Crippen MR) is 266 cm³/mol. The van der Waals surface area contributed by atoms with Crippen LogP contribution in [0.2, 0.25) is 0 Å². The Morgan fingerprint density at radius 1 is 0.597 bits per heavy atom. The number of halogens is 3. The number of aliphatic hydroxyl groups is 3. The van der Waals surface area contributed by atoms with E-state index in [0.717, 1.165) is 67.0 Å². The number of hydrogen-bond donors (Lipinski definition) is 6. The number of hydrogen-bond acceptors (Lipinski definition) is 28. The summed E-state index contributed by atoms with van der Waals surface area (Å²) in [7, 11) is 5.38. The maximum Gasteiger partial charge on any atom is 0.303 e. The van der Waals surface area contributed by atoms with E-state index in [9.17, 15) is 53.7 Å². The minimum atomic E-state index is -2.08. The molecule has 0 amide bonds. The van der Waals surface area contributed by atoms with Crippen LogP contribution in [0.25, 0.3) is 0 Å². The number of hydroxylamine groups is 1. The lowest BCUT2D eigenvalue weighted by atomic mass is 9.96. The van der Waals surface area contributed by atoms with E-state index in [1.165, 1.54) is 12.1 Å². The topological polar surface area (TPSA) is 363 Å². The van der Waals surface area contributed by atoms with Crippen molar-refractivity contribution in [3.8, 4) is 5.75 Å². The average molecular weight is 1200 g/mol. The number of carbonyl (C=O) groups excluding carboxylic acids is 8. The second-order valence-electron chi connectivity index (χ2n) is 16.2. The van der Waals surface area contributed by atoms with E-state index in [4.69, 9.17) is 121 Å². The summed E-state index contributed by atoms with van der Waals surface area (Å²) in [6.45, 7) is 7.02. The third kappa shape index (κ3) is 22.6. The lowest BCUT2D eigenvalue weighted by molar-refractivity contribution is -0.354. The second kappa shape index (κ2) is 31.9. The minimum absolute atomic E-state index is 0.208. The summed E-state index contributed by atoms with van der Waals surface area (Å²) in [5.41, 5.74) is 2.63. The molecule has 2 radical (unpaired) electrons. The maximum absolute atomic E-state index is 12.2. The highest BCUT2D eigenvalue weighted by molar-refractivity contribution is 8.19. The molecule has 3 saturated heterocycles. The molecule has 28 nitrogen and oxygen atoms in total. The molecule has 0 aliphatic carbocycles. The van der Waals surface area contributed by atoms with E-state index in [1.54, 1.807) is 12.1 Å². The van der Waals surface area contributed by atoms with Crippen LogP contribution in [0.15, 0.2) is 24.3 Å². The zero-order chi connectivity index (χ0) is 57.9. The van der Waals surface area contributed by atoms with Crippen LogP contribution in [0.5, 0.6) is 5.75 Å². The first-order chi connectivity index (χ1) is 36.0. The predicted octanol–water partition coefficient (Wildman–Crippen LogP) is -0.0483. The molecule has 0 aromatic heterocycles. The van der Waals surface area contributed by atoms with Crippen LogP contribution < -0.4 is 20.9 Å². The molecule has 0 spiro atoms. The van der Waals surface area contributed by atoms with E-state index in [2.05, 4.69) is 10.6 Å². The SMILES string of the molecule is CC(=O)OCC1OC(ONC(Cl)(Cl)Cl)C(OC(C)=O)C(OC(C)=O)C1OC(C)=O.[B]SCNC(=S)Nc1ccc(OC2OC(CO)C(O)C(OC3OC(COC(C)=O)C(OC(C)=O)C(OC(C)=O)C3OC(C)=O)C2O)cc1. The van der Waals surface area contributed by atoms with Gasteiger partial charge < -0.3 is 87.5 Å². The van der Waals surface area contributed by atoms with Gasteiger partial charge in [-0.3, -0.25) is 43.2 Å². The van der Waals surface area contributed by atoms with Gasteiger partial charge >= 0.3 is 47.8 Å². The largest absolute Gasteiger partial charge is 0.463 e. The fourth-order valence-corrected chi connectivity index (χ4v) is 7.85. The number of nitrogens with one attached hydrogen (secondary N) is 3. The Morgan fingerprint density at radius 3 is 1.43 bits per heavy atom. The summed E-state index contributed by atoms with van der Waals surface area (Å²) in [4.78, 5) is 99.0. The number of anilines is 1. The van der Waals surface area contributed by atoms with Crippen LogP contribution in [0.4, 0.5) is 5.69 Å². The minimum Gasteiger partial charge on any atom is -0.463 e. The lowest BCUT2D eigenvalue weighted by Gasteiger charge is -2.47. The van der Waals surface area contributed by atoms with Crippen molar-refractivity contribution in [2.75, 3.05) is 31.0 Å². The molecule has 4 rings (SSSR count). The van der Waals surface area contributed by atoms with Gasteiger partial charge in [-0.15, -0.1) is 0 Å². The Balaban J connectivity index is 0.000000460.